The van der Waals surface area contributed by atoms with Crippen LogP contribution in [0.5, 0.6) is 0 Å². The number of aliphatic imine (C=N–C) groups is 1. The second kappa shape index (κ2) is 13.7. The van der Waals surface area contributed by atoms with Crippen LogP contribution in [0.3, 0.4) is 0 Å². The number of hydrogen-bond acceptors (Lipinski definition) is 3. The van der Waals surface area contributed by atoms with Gasteiger partial charge in [-0.05, 0) is 49.8 Å². The fraction of sp³-hybridized carbons (Fsp3) is 0.480. The van der Waals surface area contributed by atoms with Gasteiger partial charge in [-0.1, -0.05) is 53.6 Å². The SMILES string of the molecule is CN=C(NCCc1cc(C)cc(C)c1)NCc1cccc(COC2CCOCC2)c1.I. The molecule has 1 heterocycles. The minimum Gasteiger partial charge on any atom is -0.381 e. The van der Waals surface area contributed by atoms with E-state index >= 15 is 0 Å². The predicted octanol–water partition coefficient (Wildman–Crippen LogP) is 4.52. The monoisotopic (exact) mass is 537 g/mol. The third kappa shape index (κ3) is 9.17. The second-order valence-electron chi connectivity index (χ2n) is 8.04. The molecule has 1 fully saturated rings. The first-order chi connectivity index (χ1) is 14.6. The smallest absolute Gasteiger partial charge is 0.191 e. The molecule has 0 unspecified atom stereocenters. The van der Waals surface area contributed by atoms with Crippen molar-refractivity contribution in [3.63, 3.8) is 0 Å². The second-order valence-corrected chi connectivity index (χ2v) is 8.04. The van der Waals surface area contributed by atoms with E-state index in [2.05, 4.69) is 71.9 Å². The highest BCUT2D eigenvalue weighted by molar-refractivity contribution is 14.0. The van der Waals surface area contributed by atoms with Crippen LogP contribution in [0.4, 0.5) is 0 Å². The molecule has 0 saturated carbocycles. The number of nitrogens with zero attached hydrogens (tertiary/aromatic N) is 1. The summed E-state index contributed by atoms with van der Waals surface area (Å²) in [5.74, 6) is 0.822. The van der Waals surface area contributed by atoms with Crippen LogP contribution in [0.1, 0.15) is 40.7 Å². The van der Waals surface area contributed by atoms with Crippen LogP contribution < -0.4 is 10.6 Å². The van der Waals surface area contributed by atoms with Gasteiger partial charge < -0.3 is 20.1 Å². The predicted molar refractivity (Wildman–Crippen MR) is 138 cm³/mol. The molecule has 3 rings (SSSR count). The molecule has 0 aromatic heterocycles. The van der Waals surface area contributed by atoms with Crippen molar-refractivity contribution in [1.82, 2.24) is 10.6 Å². The quantitative estimate of drug-likeness (QED) is 0.296. The number of ether oxygens (including phenoxy) is 2. The first kappa shape index (κ1) is 25.6. The van der Waals surface area contributed by atoms with Crippen LogP contribution in [-0.4, -0.2) is 38.9 Å². The van der Waals surface area contributed by atoms with Gasteiger partial charge in [-0.15, -0.1) is 24.0 Å². The molecule has 1 saturated heterocycles. The normalized spacial score (nSPS) is 14.7. The van der Waals surface area contributed by atoms with E-state index in [1.54, 1.807) is 0 Å². The number of benzene rings is 2. The maximum atomic E-state index is 6.05. The highest BCUT2D eigenvalue weighted by atomic mass is 127. The van der Waals surface area contributed by atoms with Gasteiger partial charge in [-0.3, -0.25) is 4.99 Å². The Kier molecular flexibility index (Phi) is 11.3. The van der Waals surface area contributed by atoms with Gasteiger partial charge in [-0.2, -0.15) is 0 Å². The average Bonchev–Trinajstić information content (AvgIpc) is 2.75. The molecule has 6 heteroatoms. The number of halogens is 1. The van der Waals surface area contributed by atoms with Gasteiger partial charge in [-0.25, -0.2) is 0 Å². The van der Waals surface area contributed by atoms with Crippen LogP contribution in [-0.2, 0) is 29.0 Å². The lowest BCUT2D eigenvalue weighted by molar-refractivity contribution is -0.0390. The molecule has 1 aliphatic rings. The largest absolute Gasteiger partial charge is 0.381 e. The van der Waals surface area contributed by atoms with Crippen LogP contribution in [0.2, 0.25) is 0 Å². The van der Waals surface area contributed by atoms with Gasteiger partial charge in [0.1, 0.15) is 0 Å². The summed E-state index contributed by atoms with van der Waals surface area (Å²) in [5.41, 5.74) is 6.41. The molecule has 2 aromatic carbocycles. The Hall–Kier alpha value is -1.64. The Balaban J connectivity index is 0.00000341. The fourth-order valence-electron chi connectivity index (χ4n) is 3.83. The molecule has 170 valence electrons. The average molecular weight is 537 g/mol. The summed E-state index contributed by atoms with van der Waals surface area (Å²) in [6.45, 7) is 8.14. The number of rotatable bonds is 8. The Bertz CT molecular complexity index is 815. The standard InChI is InChI=1S/C25H35N3O2.HI/c1-19-13-20(2)15-21(14-19)7-10-27-25(26-3)28-17-22-5-4-6-23(16-22)18-30-24-8-11-29-12-9-24;/h4-6,13-16,24H,7-12,17-18H2,1-3H3,(H2,26,27,28);1H. The number of nitrogens with one attached hydrogen (secondary N) is 2. The number of hydrogen-bond donors (Lipinski definition) is 2. The summed E-state index contributed by atoms with van der Waals surface area (Å²) in [6, 6.07) is 15.3. The van der Waals surface area contributed by atoms with Crippen molar-refractivity contribution in [2.75, 3.05) is 26.8 Å². The third-order valence-electron chi connectivity index (χ3n) is 5.32. The molecule has 0 spiro atoms. The summed E-state index contributed by atoms with van der Waals surface area (Å²) < 4.78 is 11.4. The number of guanidine groups is 1. The van der Waals surface area contributed by atoms with Crippen LogP contribution >= 0.6 is 24.0 Å². The maximum absolute atomic E-state index is 6.05. The van der Waals surface area contributed by atoms with E-state index in [9.17, 15) is 0 Å². The van der Waals surface area contributed by atoms with Crippen molar-refractivity contribution in [3.8, 4) is 0 Å². The molecule has 31 heavy (non-hydrogen) atoms. The van der Waals surface area contributed by atoms with Gasteiger partial charge in [0.05, 0.1) is 12.7 Å². The number of aryl methyl sites for hydroxylation is 2. The van der Waals surface area contributed by atoms with Crippen molar-refractivity contribution in [1.29, 1.82) is 0 Å². The van der Waals surface area contributed by atoms with E-state index in [4.69, 9.17) is 9.47 Å². The lowest BCUT2D eigenvalue weighted by atomic mass is 10.1. The van der Waals surface area contributed by atoms with E-state index in [0.29, 0.717) is 12.7 Å². The van der Waals surface area contributed by atoms with Crippen molar-refractivity contribution in [3.05, 3.63) is 70.3 Å². The zero-order valence-corrected chi connectivity index (χ0v) is 21.3. The van der Waals surface area contributed by atoms with Crippen LogP contribution in [0.25, 0.3) is 0 Å². The topological polar surface area (TPSA) is 54.9 Å². The molecular formula is C25H36IN3O2. The van der Waals surface area contributed by atoms with Gasteiger partial charge in [0, 0.05) is 33.4 Å². The maximum Gasteiger partial charge on any atom is 0.191 e. The lowest BCUT2D eigenvalue weighted by Gasteiger charge is -2.22. The minimum absolute atomic E-state index is 0. The van der Waals surface area contributed by atoms with E-state index in [1.807, 2.05) is 7.05 Å². The fourth-order valence-corrected chi connectivity index (χ4v) is 3.83. The molecule has 0 atom stereocenters. The summed E-state index contributed by atoms with van der Waals surface area (Å²) in [5, 5.41) is 6.82. The van der Waals surface area contributed by atoms with Crippen molar-refractivity contribution in [2.45, 2.75) is 52.4 Å². The van der Waals surface area contributed by atoms with Crippen molar-refractivity contribution >= 4 is 29.9 Å². The molecule has 0 bridgehead atoms. The molecular weight excluding hydrogens is 501 g/mol. The molecule has 2 N–H and O–H groups in total. The molecule has 5 nitrogen and oxygen atoms in total. The summed E-state index contributed by atoms with van der Waals surface area (Å²) in [7, 11) is 1.81. The molecule has 1 aliphatic heterocycles. The zero-order chi connectivity index (χ0) is 21.2. The molecule has 0 radical (unpaired) electrons. The summed E-state index contributed by atoms with van der Waals surface area (Å²) in [6.07, 6.45) is 3.28. The first-order valence-corrected chi connectivity index (χ1v) is 10.9. The summed E-state index contributed by atoms with van der Waals surface area (Å²) >= 11 is 0. The third-order valence-corrected chi connectivity index (χ3v) is 5.32. The minimum atomic E-state index is 0. The van der Waals surface area contributed by atoms with Crippen LogP contribution in [0, 0.1) is 13.8 Å². The van der Waals surface area contributed by atoms with E-state index < -0.39 is 0 Å². The summed E-state index contributed by atoms with van der Waals surface area (Å²) in [4.78, 5) is 4.35. The van der Waals surface area contributed by atoms with Crippen molar-refractivity contribution < 1.29 is 9.47 Å². The lowest BCUT2D eigenvalue weighted by Crippen LogP contribution is -2.37. The van der Waals surface area contributed by atoms with Gasteiger partial charge in [0.15, 0.2) is 5.96 Å². The molecule has 2 aromatic rings. The highest BCUT2D eigenvalue weighted by Gasteiger charge is 2.14. The van der Waals surface area contributed by atoms with E-state index in [1.165, 1.54) is 27.8 Å². The van der Waals surface area contributed by atoms with Crippen LogP contribution in [0.15, 0.2) is 47.5 Å². The van der Waals surface area contributed by atoms with Crippen molar-refractivity contribution in [2.24, 2.45) is 4.99 Å². The van der Waals surface area contributed by atoms with E-state index in [0.717, 1.165) is 51.5 Å². The Labute approximate surface area is 204 Å². The van der Waals surface area contributed by atoms with Gasteiger partial charge >= 0.3 is 0 Å². The Morgan fingerprint density at radius 1 is 1.00 bits per heavy atom. The highest BCUT2D eigenvalue weighted by Crippen LogP contribution is 2.14. The molecule has 0 aliphatic carbocycles. The molecule has 0 amide bonds. The Morgan fingerprint density at radius 3 is 2.42 bits per heavy atom. The Morgan fingerprint density at radius 2 is 1.71 bits per heavy atom. The van der Waals surface area contributed by atoms with Gasteiger partial charge in [0.2, 0.25) is 0 Å². The van der Waals surface area contributed by atoms with Gasteiger partial charge in [0.25, 0.3) is 0 Å². The first-order valence-electron chi connectivity index (χ1n) is 10.9. The van der Waals surface area contributed by atoms with E-state index in [-0.39, 0.29) is 24.0 Å². The zero-order valence-electron chi connectivity index (χ0n) is 18.9.